The highest BCUT2D eigenvalue weighted by Gasteiger charge is 2.25. The first-order valence-corrected chi connectivity index (χ1v) is 7.58. The van der Waals surface area contributed by atoms with Crippen LogP contribution in [-0.2, 0) is 14.3 Å². The fourth-order valence-electron chi connectivity index (χ4n) is 2.18. The molecular weight excluding hydrogens is 290 g/mol. The van der Waals surface area contributed by atoms with Gasteiger partial charge in [-0.3, -0.25) is 4.79 Å². The van der Waals surface area contributed by atoms with Crippen LogP contribution < -0.4 is 5.32 Å². The predicted octanol–water partition coefficient (Wildman–Crippen LogP) is 2.76. The summed E-state index contributed by atoms with van der Waals surface area (Å²) < 4.78 is 4.99. The second kappa shape index (κ2) is 8.51. The van der Waals surface area contributed by atoms with Gasteiger partial charge in [-0.05, 0) is 45.1 Å². The monoisotopic (exact) mass is 310 g/mol. The van der Waals surface area contributed by atoms with Gasteiger partial charge in [-0.1, -0.05) is 36.4 Å². The van der Waals surface area contributed by atoms with Gasteiger partial charge in [-0.15, -0.1) is 0 Å². The Balaban J connectivity index is 2.11. The van der Waals surface area contributed by atoms with E-state index in [9.17, 15) is 9.59 Å². The molecule has 1 saturated carbocycles. The molecule has 0 aromatic heterocycles. The van der Waals surface area contributed by atoms with Gasteiger partial charge in [0.1, 0.15) is 5.57 Å². The molecule has 1 unspecified atom stereocenters. The molecule has 1 aromatic rings. The number of allylic oxidation sites excluding steroid dienone is 1. The molecule has 0 spiro atoms. The molecule has 4 nitrogen and oxygen atoms in total. The van der Waals surface area contributed by atoms with E-state index in [0.29, 0.717) is 0 Å². The lowest BCUT2D eigenvalue weighted by molar-refractivity contribution is -0.140. The van der Waals surface area contributed by atoms with E-state index in [0.717, 1.165) is 11.5 Å². The van der Waals surface area contributed by atoms with Crippen molar-refractivity contribution in [3.05, 3.63) is 79.1 Å². The summed E-state index contributed by atoms with van der Waals surface area (Å²) in [6, 6.07) is 9.37. The maximum Gasteiger partial charge on any atom is 0.343 e. The number of rotatable bonds is 6. The van der Waals surface area contributed by atoms with Crippen molar-refractivity contribution in [2.45, 2.75) is 19.9 Å². The van der Waals surface area contributed by atoms with Gasteiger partial charge < -0.3 is 10.1 Å². The molecule has 0 bridgehead atoms. The van der Waals surface area contributed by atoms with E-state index in [1.807, 2.05) is 62.9 Å². The summed E-state index contributed by atoms with van der Waals surface area (Å²) in [5, 5.41) is 2.84. The van der Waals surface area contributed by atoms with Crippen molar-refractivity contribution in [1.29, 1.82) is 0 Å². The van der Waals surface area contributed by atoms with Crippen LogP contribution in [0.5, 0.6) is 0 Å². The van der Waals surface area contributed by atoms with Gasteiger partial charge in [0, 0.05) is 5.92 Å². The minimum absolute atomic E-state index is 0.000770. The number of hydrogen-bond acceptors (Lipinski definition) is 3. The Labute approximate surface area is 137 Å². The molecule has 1 fully saturated rings. The third-order valence-corrected chi connectivity index (χ3v) is 3.39. The van der Waals surface area contributed by atoms with Crippen LogP contribution in [0.2, 0.25) is 0 Å². The maximum absolute atomic E-state index is 12.5. The minimum Gasteiger partial charge on any atom is -0.462 e. The second-order valence-corrected chi connectivity index (χ2v) is 5.10. The van der Waals surface area contributed by atoms with Gasteiger partial charge in [0.05, 0.1) is 12.6 Å². The SMILES string of the molecule is CCOC(=O)/C(=C/[C]1[CH][CH][CH][CH]1)C(=O)NC(C)c1ccccc1. The number of carbonyl (C=O) groups is 2. The first-order valence-electron chi connectivity index (χ1n) is 7.58. The average molecular weight is 310 g/mol. The minimum atomic E-state index is -0.619. The van der Waals surface area contributed by atoms with Crippen LogP contribution in [0, 0.1) is 31.6 Å². The summed E-state index contributed by atoms with van der Waals surface area (Å²) in [5.41, 5.74) is 0.971. The maximum atomic E-state index is 12.5. The van der Waals surface area contributed by atoms with Gasteiger partial charge in [-0.2, -0.15) is 0 Å². The van der Waals surface area contributed by atoms with Gasteiger partial charge in [0.2, 0.25) is 0 Å². The molecule has 1 amide bonds. The Hall–Kier alpha value is -2.10. The van der Waals surface area contributed by atoms with E-state index >= 15 is 0 Å². The van der Waals surface area contributed by atoms with Crippen molar-refractivity contribution in [2.75, 3.05) is 6.61 Å². The Kier molecular flexibility index (Phi) is 6.39. The highest BCUT2D eigenvalue weighted by atomic mass is 16.5. The number of benzene rings is 1. The van der Waals surface area contributed by atoms with Crippen LogP contribution in [0.25, 0.3) is 0 Å². The predicted molar refractivity (Wildman–Crippen MR) is 88.2 cm³/mol. The van der Waals surface area contributed by atoms with Crippen LogP contribution >= 0.6 is 0 Å². The Morgan fingerprint density at radius 1 is 1.17 bits per heavy atom. The van der Waals surface area contributed by atoms with Gasteiger partial charge in [-0.25, -0.2) is 4.79 Å². The molecule has 0 saturated heterocycles. The molecule has 1 aliphatic rings. The molecule has 0 heterocycles. The van der Waals surface area contributed by atoms with Crippen molar-refractivity contribution in [1.82, 2.24) is 5.32 Å². The van der Waals surface area contributed by atoms with Crippen LogP contribution in [-0.4, -0.2) is 18.5 Å². The van der Waals surface area contributed by atoms with Crippen LogP contribution in [0.4, 0.5) is 0 Å². The zero-order valence-corrected chi connectivity index (χ0v) is 13.3. The van der Waals surface area contributed by atoms with Crippen LogP contribution in [0.15, 0.2) is 42.0 Å². The molecule has 1 aromatic carbocycles. The molecule has 0 aliphatic heterocycles. The number of carbonyl (C=O) groups excluding carboxylic acids is 2. The van der Waals surface area contributed by atoms with Crippen molar-refractivity contribution in [3.63, 3.8) is 0 Å². The summed E-state index contributed by atoms with van der Waals surface area (Å²) >= 11 is 0. The molecule has 1 N–H and O–H groups in total. The number of hydrogen-bond donors (Lipinski definition) is 1. The van der Waals surface area contributed by atoms with Crippen molar-refractivity contribution >= 4 is 11.9 Å². The quantitative estimate of drug-likeness (QED) is 0.380. The van der Waals surface area contributed by atoms with Crippen molar-refractivity contribution in [3.8, 4) is 0 Å². The highest BCUT2D eigenvalue weighted by molar-refractivity contribution is 6.16. The zero-order chi connectivity index (χ0) is 16.7. The summed E-state index contributed by atoms with van der Waals surface area (Å²) in [4.78, 5) is 24.6. The first-order chi connectivity index (χ1) is 11.1. The highest BCUT2D eigenvalue weighted by Crippen LogP contribution is 2.26. The van der Waals surface area contributed by atoms with E-state index in [4.69, 9.17) is 4.74 Å². The number of esters is 1. The fraction of sp³-hybridized carbons (Fsp3) is 0.211. The van der Waals surface area contributed by atoms with Crippen LogP contribution in [0.1, 0.15) is 25.5 Å². The molecule has 23 heavy (non-hydrogen) atoms. The standard InChI is InChI=1S/C19H20NO3/c1-3-23-19(22)17(13-15-9-7-8-10-15)18(21)20-14(2)16-11-5-4-6-12-16/h4-14H,3H2,1-2H3,(H,20,21)/b17-13+. The summed E-state index contributed by atoms with van der Waals surface area (Å²) in [5.74, 6) is -0.275. The van der Waals surface area contributed by atoms with Gasteiger partial charge in [0.25, 0.3) is 5.91 Å². The molecule has 4 heteroatoms. The smallest absolute Gasteiger partial charge is 0.343 e. The molecule has 2 rings (SSSR count). The molecule has 1 atom stereocenters. The van der Waals surface area contributed by atoms with E-state index in [1.54, 1.807) is 13.0 Å². The van der Waals surface area contributed by atoms with E-state index in [2.05, 4.69) is 5.32 Å². The van der Waals surface area contributed by atoms with Gasteiger partial charge >= 0.3 is 5.97 Å². The molecule has 119 valence electrons. The largest absolute Gasteiger partial charge is 0.462 e. The van der Waals surface area contributed by atoms with Crippen molar-refractivity contribution < 1.29 is 14.3 Å². The van der Waals surface area contributed by atoms with E-state index in [1.165, 1.54) is 0 Å². The third-order valence-electron chi connectivity index (χ3n) is 3.39. The summed E-state index contributed by atoms with van der Waals surface area (Å²) in [7, 11) is 0. The van der Waals surface area contributed by atoms with Crippen molar-refractivity contribution in [2.24, 2.45) is 0 Å². The zero-order valence-electron chi connectivity index (χ0n) is 13.3. The summed E-state index contributed by atoms with van der Waals surface area (Å²) in [6.07, 6.45) is 8.89. The Morgan fingerprint density at radius 3 is 2.43 bits per heavy atom. The lowest BCUT2D eigenvalue weighted by atomic mass is 10.0. The summed E-state index contributed by atoms with van der Waals surface area (Å²) in [6.45, 7) is 3.81. The van der Waals surface area contributed by atoms with E-state index < -0.39 is 11.9 Å². The second-order valence-electron chi connectivity index (χ2n) is 5.10. The normalized spacial score (nSPS) is 16.9. The lowest BCUT2D eigenvalue weighted by Crippen LogP contribution is -2.32. The Morgan fingerprint density at radius 2 is 1.83 bits per heavy atom. The topological polar surface area (TPSA) is 55.4 Å². The number of ether oxygens (including phenoxy) is 1. The lowest BCUT2D eigenvalue weighted by Gasteiger charge is -2.16. The number of amides is 1. The molecule has 1 aliphatic carbocycles. The first kappa shape index (κ1) is 17.3. The Bertz CT molecular complexity index is 559. The number of nitrogens with one attached hydrogen (secondary N) is 1. The third kappa shape index (κ3) is 4.95. The van der Waals surface area contributed by atoms with E-state index in [-0.39, 0.29) is 18.2 Å². The molecule has 5 radical (unpaired) electrons. The molecular formula is C19H20NO3. The van der Waals surface area contributed by atoms with Crippen LogP contribution in [0.3, 0.4) is 0 Å². The average Bonchev–Trinajstić information content (AvgIpc) is 3.06. The van der Waals surface area contributed by atoms with Gasteiger partial charge in [0.15, 0.2) is 0 Å². The fourth-order valence-corrected chi connectivity index (χ4v) is 2.18.